The summed E-state index contributed by atoms with van der Waals surface area (Å²) < 4.78 is 1.82. The van der Waals surface area contributed by atoms with E-state index in [4.69, 9.17) is 0 Å². The third-order valence-corrected chi connectivity index (χ3v) is 5.02. The average molecular weight is 426 g/mol. The second-order valence-electron chi connectivity index (χ2n) is 4.18. The van der Waals surface area contributed by atoms with Crippen LogP contribution in [0.4, 0.5) is 0 Å². The minimum Gasteiger partial charge on any atom is -0.338 e. The molecule has 0 spiro atoms. The molecule has 92 valence electrons. The highest BCUT2D eigenvalue weighted by Gasteiger charge is 2.27. The van der Waals surface area contributed by atoms with Crippen LogP contribution in [-0.4, -0.2) is 29.2 Å². The van der Waals surface area contributed by atoms with Gasteiger partial charge in [-0.1, -0.05) is 31.9 Å². The molecule has 0 aromatic heterocycles. The first kappa shape index (κ1) is 13.6. The highest BCUT2D eigenvalue weighted by molar-refractivity contribution is 9.11. The molecule has 5 heteroatoms. The van der Waals surface area contributed by atoms with Crippen molar-refractivity contribution in [1.29, 1.82) is 0 Å². The van der Waals surface area contributed by atoms with Crippen molar-refractivity contribution < 1.29 is 4.79 Å². The van der Waals surface area contributed by atoms with Crippen LogP contribution in [0.1, 0.15) is 16.8 Å². The molecule has 1 aliphatic rings. The van der Waals surface area contributed by atoms with Gasteiger partial charge in [0.1, 0.15) is 0 Å². The summed E-state index contributed by atoms with van der Waals surface area (Å²) in [5.41, 5.74) is 0.739. The van der Waals surface area contributed by atoms with E-state index in [1.54, 1.807) is 0 Å². The van der Waals surface area contributed by atoms with E-state index in [0.717, 1.165) is 39.3 Å². The van der Waals surface area contributed by atoms with Crippen LogP contribution in [0, 0.1) is 5.92 Å². The minimum absolute atomic E-state index is 0.118. The van der Waals surface area contributed by atoms with E-state index in [1.807, 2.05) is 23.1 Å². The van der Waals surface area contributed by atoms with Gasteiger partial charge in [0.2, 0.25) is 0 Å². The number of hydrogen-bond acceptors (Lipinski definition) is 1. The average Bonchev–Trinajstić information content (AvgIpc) is 2.76. The zero-order valence-corrected chi connectivity index (χ0v) is 13.9. The second-order valence-corrected chi connectivity index (χ2v) is 6.60. The Labute approximate surface area is 126 Å². The standard InChI is InChI=1S/C12H12Br3NO/c13-6-8-3-4-16(7-8)12(17)10-2-1-9(14)5-11(10)15/h1-2,5,8H,3-4,6-7H2. The van der Waals surface area contributed by atoms with Crippen molar-refractivity contribution in [1.82, 2.24) is 4.90 Å². The molecule has 2 rings (SSSR count). The van der Waals surface area contributed by atoms with Crippen molar-refractivity contribution in [3.05, 3.63) is 32.7 Å². The number of carbonyl (C=O) groups excluding carboxylic acids is 1. The first-order valence-corrected chi connectivity index (χ1v) is 8.13. The van der Waals surface area contributed by atoms with Gasteiger partial charge >= 0.3 is 0 Å². The fraction of sp³-hybridized carbons (Fsp3) is 0.417. The number of likely N-dealkylation sites (tertiary alicyclic amines) is 1. The molecule has 1 unspecified atom stereocenters. The number of hydrogen-bond donors (Lipinski definition) is 0. The lowest BCUT2D eigenvalue weighted by Crippen LogP contribution is -2.29. The van der Waals surface area contributed by atoms with Crippen LogP contribution in [-0.2, 0) is 0 Å². The summed E-state index contributed by atoms with van der Waals surface area (Å²) in [6, 6.07) is 5.67. The van der Waals surface area contributed by atoms with Crippen molar-refractivity contribution in [3.63, 3.8) is 0 Å². The van der Waals surface area contributed by atoms with Crippen molar-refractivity contribution in [2.75, 3.05) is 18.4 Å². The van der Waals surface area contributed by atoms with E-state index >= 15 is 0 Å². The van der Waals surface area contributed by atoms with Gasteiger partial charge in [0.15, 0.2) is 0 Å². The highest BCUT2D eigenvalue weighted by atomic mass is 79.9. The Hall–Kier alpha value is 0.130. The van der Waals surface area contributed by atoms with Crippen LogP contribution in [0.15, 0.2) is 27.1 Å². The molecule has 1 aromatic rings. The van der Waals surface area contributed by atoms with Crippen molar-refractivity contribution >= 4 is 53.7 Å². The Kier molecular flexibility index (Phi) is 4.66. The van der Waals surface area contributed by atoms with Crippen LogP contribution in [0.3, 0.4) is 0 Å². The number of halogens is 3. The zero-order valence-electron chi connectivity index (χ0n) is 9.13. The molecule has 0 N–H and O–H groups in total. The van der Waals surface area contributed by atoms with E-state index in [1.165, 1.54) is 0 Å². The van der Waals surface area contributed by atoms with Gasteiger partial charge in [0, 0.05) is 27.4 Å². The third kappa shape index (κ3) is 3.12. The molecule has 1 amide bonds. The van der Waals surface area contributed by atoms with Crippen molar-refractivity contribution in [2.24, 2.45) is 5.92 Å². The van der Waals surface area contributed by atoms with Crippen molar-refractivity contribution in [3.8, 4) is 0 Å². The van der Waals surface area contributed by atoms with Gasteiger partial charge in [0.05, 0.1) is 5.56 Å². The maximum Gasteiger partial charge on any atom is 0.255 e. The van der Waals surface area contributed by atoms with Gasteiger partial charge in [-0.05, 0) is 46.5 Å². The van der Waals surface area contributed by atoms with Gasteiger partial charge in [-0.15, -0.1) is 0 Å². The lowest BCUT2D eigenvalue weighted by Gasteiger charge is -2.17. The van der Waals surface area contributed by atoms with Crippen LogP contribution in [0.5, 0.6) is 0 Å². The number of benzene rings is 1. The minimum atomic E-state index is 0.118. The lowest BCUT2D eigenvalue weighted by molar-refractivity contribution is 0.0787. The summed E-state index contributed by atoms with van der Waals surface area (Å²) in [5, 5.41) is 0.971. The summed E-state index contributed by atoms with van der Waals surface area (Å²) in [5.74, 6) is 0.709. The molecule has 1 aromatic carbocycles. The number of carbonyl (C=O) groups is 1. The van der Waals surface area contributed by atoms with Gasteiger partial charge in [-0.25, -0.2) is 0 Å². The largest absolute Gasteiger partial charge is 0.338 e. The molecule has 0 aliphatic carbocycles. The van der Waals surface area contributed by atoms with Crippen molar-refractivity contribution in [2.45, 2.75) is 6.42 Å². The van der Waals surface area contributed by atoms with Crippen LogP contribution >= 0.6 is 47.8 Å². The first-order chi connectivity index (χ1) is 8.11. The molecular formula is C12H12Br3NO. The predicted molar refractivity (Wildman–Crippen MR) is 79.6 cm³/mol. The van der Waals surface area contributed by atoms with Crippen LogP contribution in [0.2, 0.25) is 0 Å². The molecule has 17 heavy (non-hydrogen) atoms. The van der Waals surface area contributed by atoms with Gasteiger partial charge in [0.25, 0.3) is 5.91 Å². The van der Waals surface area contributed by atoms with Crippen LogP contribution in [0.25, 0.3) is 0 Å². The van der Waals surface area contributed by atoms with E-state index in [-0.39, 0.29) is 5.91 Å². The fourth-order valence-electron chi connectivity index (χ4n) is 1.98. The maximum absolute atomic E-state index is 12.3. The predicted octanol–water partition coefficient (Wildman–Crippen LogP) is 4.07. The van der Waals surface area contributed by atoms with E-state index in [2.05, 4.69) is 47.8 Å². The molecule has 0 saturated carbocycles. The summed E-state index contributed by atoms with van der Waals surface area (Å²) in [6.07, 6.45) is 1.09. The summed E-state index contributed by atoms with van der Waals surface area (Å²) >= 11 is 10.3. The molecule has 1 fully saturated rings. The number of amides is 1. The van der Waals surface area contributed by atoms with E-state index in [0.29, 0.717) is 5.92 Å². The van der Waals surface area contributed by atoms with E-state index < -0.39 is 0 Å². The Morgan fingerprint density at radius 2 is 2.18 bits per heavy atom. The summed E-state index contributed by atoms with van der Waals surface area (Å²) in [4.78, 5) is 14.2. The number of nitrogens with zero attached hydrogens (tertiary/aromatic N) is 1. The normalized spacial score (nSPS) is 19.7. The van der Waals surface area contributed by atoms with Gasteiger partial charge in [-0.3, -0.25) is 4.79 Å². The first-order valence-electron chi connectivity index (χ1n) is 5.42. The quantitative estimate of drug-likeness (QED) is 0.654. The lowest BCUT2D eigenvalue weighted by atomic mass is 10.2. The Morgan fingerprint density at radius 1 is 1.41 bits per heavy atom. The molecule has 0 radical (unpaired) electrons. The molecular weight excluding hydrogens is 414 g/mol. The molecule has 1 atom stereocenters. The molecule has 1 saturated heterocycles. The Morgan fingerprint density at radius 3 is 2.76 bits per heavy atom. The Bertz CT molecular complexity index is 436. The summed E-state index contributed by atoms with van der Waals surface area (Å²) in [6.45, 7) is 1.71. The monoisotopic (exact) mass is 423 g/mol. The van der Waals surface area contributed by atoms with Gasteiger partial charge < -0.3 is 4.90 Å². The SMILES string of the molecule is O=C(c1ccc(Br)cc1Br)N1CCC(CBr)C1. The number of alkyl halides is 1. The fourth-order valence-corrected chi connectivity index (χ4v) is 3.72. The maximum atomic E-state index is 12.3. The second kappa shape index (κ2) is 5.85. The molecule has 1 aliphatic heterocycles. The zero-order chi connectivity index (χ0) is 12.4. The Balaban J connectivity index is 2.15. The smallest absolute Gasteiger partial charge is 0.255 e. The topological polar surface area (TPSA) is 20.3 Å². The van der Waals surface area contributed by atoms with Crippen LogP contribution < -0.4 is 0 Å². The van der Waals surface area contributed by atoms with E-state index in [9.17, 15) is 4.79 Å². The molecule has 2 nitrogen and oxygen atoms in total. The molecule has 1 heterocycles. The highest BCUT2D eigenvalue weighted by Crippen LogP contribution is 2.26. The third-order valence-electron chi connectivity index (χ3n) is 2.95. The molecule has 0 bridgehead atoms. The van der Waals surface area contributed by atoms with Gasteiger partial charge in [-0.2, -0.15) is 0 Å². The summed E-state index contributed by atoms with van der Waals surface area (Å²) in [7, 11) is 0. The number of rotatable bonds is 2.